The first-order valence-corrected chi connectivity index (χ1v) is 8.43. The van der Waals surface area contributed by atoms with Crippen molar-refractivity contribution in [1.82, 2.24) is 5.32 Å². The number of benzene rings is 1. The molecule has 1 N–H and O–H groups in total. The molecule has 0 aliphatic rings. The molecule has 1 aromatic carbocycles. The summed E-state index contributed by atoms with van der Waals surface area (Å²) < 4.78 is 62.6. The molecule has 0 aliphatic heterocycles. The van der Waals surface area contributed by atoms with Crippen LogP contribution in [0.5, 0.6) is 0 Å². The van der Waals surface area contributed by atoms with Gasteiger partial charge in [-0.05, 0) is 18.2 Å². The second kappa shape index (κ2) is 7.49. The zero-order valence-corrected chi connectivity index (χ0v) is 13.2. The van der Waals surface area contributed by atoms with Crippen LogP contribution in [0.15, 0.2) is 36.9 Å². The Bertz CT molecular complexity index is 672. The van der Waals surface area contributed by atoms with Crippen LogP contribution in [0.3, 0.4) is 0 Å². The van der Waals surface area contributed by atoms with Crippen LogP contribution in [-0.4, -0.2) is 33.7 Å². The lowest BCUT2D eigenvalue weighted by molar-refractivity contribution is -0.137. The van der Waals surface area contributed by atoms with Gasteiger partial charge in [-0.1, -0.05) is 12.1 Å². The Labute approximate surface area is 132 Å². The topological polar surface area (TPSA) is 66.5 Å². The average molecular weight is 350 g/mol. The molecule has 23 heavy (non-hydrogen) atoms. The first kappa shape index (κ1) is 19.0. The maximum Gasteiger partial charge on any atom is 0.416 e. The van der Waals surface area contributed by atoms with E-state index in [1.165, 1.54) is 12.1 Å². The van der Waals surface area contributed by atoms with Crippen molar-refractivity contribution in [2.75, 3.05) is 23.7 Å². The first-order valence-electron chi connectivity index (χ1n) is 6.58. The van der Waals surface area contributed by atoms with Crippen molar-refractivity contribution in [2.45, 2.75) is 12.6 Å². The molecule has 0 aromatic heterocycles. The molecule has 0 saturated heterocycles. The van der Waals surface area contributed by atoms with Gasteiger partial charge in [-0.3, -0.25) is 9.10 Å². The smallest absolute Gasteiger partial charge is 0.353 e. The van der Waals surface area contributed by atoms with Crippen molar-refractivity contribution in [3.8, 4) is 0 Å². The lowest BCUT2D eigenvalue weighted by Crippen LogP contribution is -2.34. The molecule has 1 aromatic rings. The van der Waals surface area contributed by atoms with Crippen LogP contribution < -0.4 is 9.62 Å². The average Bonchev–Trinajstić information content (AvgIpc) is 2.43. The zero-order chi connectivity index (χ0) is 17.7. The Morgan fingerprint density at radius 1 is 1.39 bits per heavy atom. The number of amides is 1. The van der Waals surface area contributed by atoms with Crippen LogP contribution in [0.1, 0.15) is 12.0 Å². The van der Waals surface area contributed by atoms with Crippen molar-refractivity contribution in [1.29, 1.82) is 0 Å². The minimum absolute atomic E-state index is 0.140. The fourth-order valence-electron chi connectivity index (χ4n) is 1.80. The van der Waals surface area contributed by atoms with Crippen LogP contribution in [-0.2, 0) is 21.0 Å². The van der Waals surface area contributed by atoms with Gasteiger partial charge in [-0.15, -0.1) is 6.58 Å². The Morgan fingerprint density at radius 2 is 2.04 bits per heavy atom. The third-order valence-corrected chi connectivity index (χ3v) is 4.04. The van der Waals surface area contributed by atoms with Gasteiger partial charge in [0.25, 0.3) is 0 Å². The van der Waals surface area contributed by atoms with Crippen molar-refractivity contribution < 1.29 is 26.4 Å². The van der Waals surface area contributed by atoms with E-state index in [1.54, 1.807) is 0 Å². The van der Waals surface area contributed by atoms with Crippen LogP contribution in [0.25, 0.3) is 0 Å². The molecule has 5 nitrogen and oxygen atoms in total. The van der Waals surface area contributed by atoms with Gasteiger partial charge in [0.1, 0.15) is 0 Å². The Morgan fingerprint density at radius 3 is 2.57 bits per heavy atom. The van der Waals surface area contributed by atoms with Crippen molar-refractivity contribution >= 4 is 21.6 Å². The number of nitrogens with one attached hydrogen (secondary N) is 1. The van der Waals surface area contributed by atoms with Crippen molar-refractivity contribution in [2.24, 2.45) is 0 Å². The molecule has 1 rings (SSSR count). The lowest BCUT2D eigenvalue weighted by atomic mass is 10.2. The first-order chi connectivity index (χ1) is 10.6. The molecule has 0 bridgehead atoms. The number of carbonyl (C=O) groups is 1. The third-order valence-electron chi connectivity index (χ3n) is 2.85. The van der Waals surface area contributed by atoms with E-state index in [2.05, 4.69) is 11.9 Å². The van der Waals surface area contributed by atoms with Gasteiger partial charge in [0.15, 0.2) is 0 Å². The molecule has 1 amide bonds. The molecule has 0 saturated carbocycles. The summed E-state index contributed by atoms with van der Waals surface area (Å²) in [5, 5.41) is 2.47. The fourth-order valence-corrected chi connectivity index (χ4v) is 2.72. The predicted molar refractivity (Wildman–Crippen MR) is 81.5 cm³/mol. The summed E-state index contributed by atoms with van der Waals surface area (Å²) in [5.74, 6) is -0.425. The normalized spacial score (nSPS) is 11.8. The van der Waals surface area contributed by atoms with Crippen LogP contribution in [0.4, 0.5) is 18.9 Å². The molecule has 0 aliphatic carbocycles. The Balaban J connectivity index is 3.00. The molecule has 0 atom stereocenters. The molecule has 0 spiro atoms. The van der Waals surface area contributed by atoms with Gasteiger partial charge in [-0.25, -0.2) is 8.42 Å². The number of hydrogen-bond donors (Lipinski definition) is 1. The van der Waals surface area contributed by atoms with Gasteiger partial charge < -0.3 is 5.32 Å². The summed E-state index contributed by atoms with van der Waals surface area (Å²) in [5.41, 5.74) is -1.10. The van der Waals surface area contributed by atoms with Crippen molar-refractivity contribution in [3.63, 3.8) is 0 Å². The fraction of sp³-hybridized carbons (Fsp3) is 0.357. The van der Waals surface area contributed by atoms with Crippen molar-refractivity contribution in [3.05, 3.63) is 42.5 Å². The largest absolute Gasteiger partial charge is 0.416 e. The maximum absolute atomic E-state index is 12.7. The molecule has 0 fully saturated rings. The summed E-state index contributed by atoms with van der Waals surface area (Å²) in [6, 6.07) is 3.95. The van der Waals surface area contributed by atoms with Gasteiger partial charge in [0.05, 0.1) is 17.5 Å². The van der Waals surface area contributed by atoms with Crippen LogP contribution in [0, 0.1) is 0 Å². The van der Waals surface area contributed by atoms with Gasteiger partial charge in [0.2, 0.25) is 15.9 Å². The summed E-state index contributed by atoms with van der Waals surface area (Å²) >= 11 is 0. The number of nitrogens with zero attached hydrogens (tertiary/aromatic N) is 1. The number of alkyl halides is 3. The molecular formula is C14H17F3N2O3S. The SMILES string of the molecule is C=CCNC(=O)CCN(c1cccc(C(F)(F)F)c1)S(C)(=O)=O. The maximum atomic E-state index is 12.7. The molecule has 0 unspecified atom stereocenters. The van der Waals surface area contributed by atoms with E-state index in [4.69, 9.17) is 0 Å². The third kappa shape index (κ3) is 5.93. The zero-order valence-electron chi connectivity index (χ0n) is 12.4. The van der Waals surface area contributed by atoms with E-state index < -0.39 is 27.7 Å². The van der Waals surface area contributed by atoms with Gasteiger partial charge >= 0.3 is 6.18 Å². The predicted octanol–water partition coefficient (Wildman–Crippen LogP) is 2.16. The highest BCUT2D eigenvalue weighted by Crippen LogP contribution is 2.32. The molecular weight excluding hydrogens is 333 g/mol. The molecule has 9 heteroatoms. The van der Waals surface area contributed by atoms with E-state index in [0.717, 1.165) is 28.8 Å². The minimum atomic E-state index is -4.58. The minimum Gasteiger partial charge on any atom is -0.353 e. The molecule has 0 radical (unpaired) electrons. The highest BCUT2D eigenvalue weighted by atomic mass is 32.2. The number of carbonyl (C=O) groups excluding carboxylic acids is 1. The number of halogens is 3. The monoisotopic (exact) mass is 350 g/mol. The Kier molecular flexibility index (Phi) is 6.20. The quantitative estimate of drug-likeness (QED) is 0.767. The van der Waals surface area contributed by atoms with E-state index in [9.17, 15) is 26.4 Å². The highest BCUT2D eigenvalue weighted by molar-refractivity contribution is 7.92. The summed E-state index contributed by atoms with van der Waals surface area (Å²) in [7, 11) is -3.83. The van der Waals surface area contributed by atoms with Gasteiger partial charge in [-0.2, -0.15) is 13.2 Å². The summed E-state index contributed by atoms with van der Waals surface area (Å²) in [6.07, 6.45) is -2.44. The standard InChI is InChI=1S/C14H17F3N2O3S/c1-3-8-18-13(20)7-9-19(23(2,21)22)12-6-4-5-11(10-12)14(15,16)17/h3-6,10H,1,7-9H2,2H3,(H,18,20). The summed E-state index contributed by atoms with van der Waals surface area (Å²) in [4.78, 5) is 11.5. The highest BCUT2D eigenvalue weighted by Gasteiger charge is 2.31. The second-order valence-electron chi connectivity index (χ2n) is 4.73. The lowest BCUT2D eigenvalue weighted by Gasteiger charge is -2.23. The van der Waals surface area contributed by atoms with Crippen LogP contribution in [0.2, 0.25) is 0 Å². The number of rotatable bonds is 7. The van der Waals surface area contributed by atoms with Crippen LogP contribution >= 0.6 is 0 Å². The number of anilines is 1. The van der Waals surface area contributed by atoms with E-state index in [1.807, 2.05) is 0 Å². The van der Waals surface area contributed by atoms with Gasteiger partial charge in [0, 0.05) is 19.5 Å². The van der Waals surface area contributed by atoms with E-state index in [0.29, 0.717) is 0 Å². The number of hydrogen-bond acceptors (Lipinski definition) is 3. The Hall–Kier alpha value is -2.03. The molecule has 0 heterocycles. The molecule has 128 valence electrons. The summed E-state index contributed by atoms with van der Waals surface area (Å²) in [6.45, 7) is 3.38. The second-order valence-corrected chi connectivity index (χ2v) is 6.63. The van der Waals surface area contributed by atoms with E-state index >= 15 is 0 Å². The number of sulfonamides is 1. The van der Waals surface area contributed by atoms with E-state index in [-0.39, 0.29) is 25.2 Å².